The van der Waals surface area contributed by atoms with Crippen molar-refractivity contribution >= 4 is 17.1 Å². The molecular weight excluding hydrogens is 338 g/mol. The Hall–Kier alpha value is -2.73. The monoisotopic (exact) mass is 361 g/mol. The summed E-state index contributed by atoms with van der Waals surface area (Å²) in [5, 5.41) is 3.46. The van der Waals surface area contributed by atoms with Crippen LogP contribution in [0.15, 0.2) is 48.9 Å². The summed E-state index contributed by atoms with van der Waals surface area (Å²) in [4.78, 5) is 24.1. The molecule has 0 bridgehead atoms. The molecule has 3 aromatic rings. The fraction of sp³-hybridized carbons (Fsp3) is 0.381. The van der Waals surface area contributed by atoms with Gasteiger partial charge in [-0.2, -0.15) is 0 Å². The Bertz CT molecular complexity index is 975. The highest BCUT2D eigenvalue weighted by Gasteiger charge is 2.39. The van der Waals surface area contributed by atoms with Crippen LogP contribution >= 0.6 is 0 Å². The maximum Gasteiger partial charge on any atom is 0.255 e. The van der Waals surface area contributed by atoms with Gasteiger partial charge in [-0.25, -0.2) is 9.97 Å². The summed E-state index contributed by atoms with van der Waals surface area (Å²) in [5.41, 5.74) is 3.43. The maximum absolute atomic E-state index is 13.1. The number of amides is 1. The molecule has 2 saturated heterocycles. The zero-order chi connectivity index (χ0) is 18.3. The van der Waals surface area contributed by atoms with Gasteiger partial charge >= 0.3 is 0 Å². The number of benzene rings is 1. The predicted octanol–water partition coefficient (Wildman–Crippen LogP) is 2.64. The first-order valence-corrected chi connectivity index (χ1v) is 9.63. The Balaban J connectivity index is 1.43. The predicted molar refractivity (Wildman–Crippen MR) is 104 cm³/mol. The Kier molecular flexibility index (Phi) is 3.93. The number of hydrogen-bond acceptors (Lipinski definition) is 4. The molecule has 2 fully saturated rings. The lowest BCUT2D eigenvalue weighted by atomic mass is 9.79. The van der Waals surface area contributed by atoms with Crippen molar-refractivity contribution in [2.24, 2.45) is 5.41 Å². The van der Waals surface area contributed by atoms with Gasteiger partial charge in [0, 0.05) is 36.9 Å². The van der Waals surface area contributed by atoms with Crippen LogP contribution in [-0.2, 0) is 0 Å². The van der Waals surface area contributed by atoms with E-state index in [1.165, 1.54) is 6.42 Å². The van der Waals surface area contributed by atoms with Crippen molar-refractivity contribution in [3.05, 3.63) is 54.5 Å². The smallest absolute Gasteiger partial charge is 0.255 e. The van der Waals surface area contributed by atoms with Gasteiger partial charge in [0.2, 0.25) is 0 Å². The van der Waals surface area contributed by atoms with E-state index in [2.05, 4.69) is 15.3 Å². The van der Waals surface area contributed by atoms with Crippen molar-refractivity contribution in [2.75, 3.05) is 26.2 Å². The molecule has 6 nitrogen and oxygen atoms in total. The van der Waals surface area contributed by atoms with Gasteiger partial charge in [0.15, 0.2) is 5.65 Å². The quantitative estimate of drug-likeness (QED) is 0.762. The SMILES string of the molecule is O=C(c1cnc2c(c1)ncn2-c1ccccc1)N1CCCC2(CCNC2)C1. The van der Waals surface area contributed by atoms with E-state index in [9.17, 15) is 4.79 Å². The molecule has 1 spiro atoms. The number of hydrogen-bond donors (Lipinski definition) is 1. The average molecular weight is 361 g/mol. The molecule has 27 heavy (non-hydrogen) atoms. The molecule has 2 aromatic heterocycles. The molecule has 138 valence electrons. The number of piperidine rings is 1. The Labute approximate surface area is 158 Å². The van der Waals surface area contributed by atoms with Crippen LogP contribution in [0.25, 0.3) is 16.9 Å². The zero-order valence-electron chi connectivity index (χ0n) is 15.3. The first-order chi connectivity index (χ1) is 13.2. The van der Waals surface area contributed by atoms with E-state index in [-0.39, 0.29) is 11.3 Å². The minimum absolute atomic E-state index is 0.0737. The number of rotatable bonds is 2. The molecule has 4 heterocycles. The summed E-state index contributed by atoms with van der Waals surface area (Å²) in [6.45, 7) is 3.76. The molecule has 2 aliphatic heterocycles. The van der Waals surface area contributed by atoms with Gasteiger partial charge in [-0.1, -0.05) is 18.2 Å². The van der Waals surface area contributed by atoms with E-state index < -0.39 is 0 Å². The molecule has 1 N–H and O–H groups in total. The molecule has 0 radical (unpaired) electrons. The second kappa shape index (κ2) is 6.46. The summed E-state index contributed by atoms with van der Waals surface area (Å²) in [5.74, 6) is 0.0737. The van der Waals surface area contributed by atoms with Gasteiger partial charge in [0.25, 0.3) is 5.91 Å². The van der Waals surface area contributed by atoms with Crippen LogP contribution in [0.4, 0.5) is 0 Å². The fourth-order valence-electron chi connectivity index (χ4n) is 4.50. The van der Waals surface area contributed by atoms with Gasteiger partial charge in [-0.05, 0) is 44.0 Å². The number of fused-ring (bicyclic) bond motifs is 1. The standard InChI is InChI=1S/C21H23N5O/c27-20(25-10-4-7-21(14-25)8-9-22-13-21)16-11-18-19(23-12-16)26(15-24-18)17-5-2-1-3-6-17/h1-3,5-6,11-12,15,22H,4,7-10,13-14H2. The third kappa shape index (κ3) is 2.90. The van der Waals surface area contributed by atoms with Gasteiger partial charge in [-0.15, -0.1) is 0 Å². The second-order valence-electron chi connectivity index (χ2n) is 7.77. The molecule has 1 atom stereocenters. The number of imidazole rings is 1. The van der Waals surface area contributed by atoms with Gasteiger partial charge in [0.1, 0.15) is 11.8 Å². The van der Waals surface area contributed by atoms with Crippen LogP contribution in [0.5, 0.6) is 0 Å². The fourth-order valence-corrected chi connectivity index (χ4v) is 4.50. The van der Waals surface area contributed by atoms with E-state index in [0.29, 0.717) is 5.56 Å². The van der Waals surface area contributed by atoms with Crippen molar-refractivity contribution in [3.8, 4) is 5.69 Å². The molecule has 0 saturated carbocycles. The molecule has 5 rings (SSSR count). The summed E-state index contributed by atoms with van der Waals surface area (Å²) in [6.07, 6.45) is 6.91. The number of aromatic nitrogens is 3. The number of nitrogens with zero attached hydrogens (tertiary/aromatic N) is 4. The van der Waals surface area contributed by atoms with Gasteiger partial charge < -0.3 is 10.2 Å². The Morgan fingerprint density at radius 2 is 2.04 bits per heavy atom. The molecule has 1 unspecified atom stereocenters. The largest absolute Gasteiger partial charge is 0.338 e. The van der Waals surface area contributed by atoms with Crippen LogP contribution in [0, 0.1) is 5.41 Å². The number of nitrogens with one attached hydrogen (secondary N) is 1. The minimum Gasteiger partial charge on any atom is -0.338 e. The minimum atomic E-state index is 0.0737. The van der Waals surface area contributed by atoms with E-state index in [4.69, 9.17) is 0 Å². The van der Waals surface area contributed by atoms with Gasteiger partial charge in [0.05, 0.1) is 5.56 Å². The zero-order valence-corrected chi connectivity index (χ0v) is 15.3. The van der Waals surface area contributed by atoms with Crippen LogP contribution in [-0.4, -0.2) is 51.5 Å². The number of carbonyl (C=O) groups excluding carboxylic acids is 1. The molecule has 6 heteroatoms. The lowest BCUT2D eigenvalue weighted by Crippen LogP contribution is -2.47. The Morgan fingerprint density at radius 1 is 1.15 bits per heavy atom. The highest BCUT2D eigenvalue weighted by Crippen LogP contribution is 2.36. The highest BCUT2D eigenvalue weighted by atomic mass is 16.2. The topological polar surface area (TPSA) is 63.1 Å². The van der Waals surface area contributed by atoms with Crippen molar-refractivity contribution in [2.45, 2.75) is 19.3 Å². The second-order valence-corrected chi connectivity index (χ2v) is 7.77. The van der Waals surface area contributed by atoms with E-state index in [1.54, 1.807) is 12.5 Å². The highest BCUT2D eigenvalue weighted by molar-refractivity contribution is 5.96. The Morgan fingerprint density at radius 3 is 2.85 bits per heavy atom. The lowest BCUT2D eigenvalue weighted by Gasteiger charge is -2.40. The number of likely N-dealkylation sites (tertiary alicyclic amines) is 1. The molecule has 1 amide bonds. The normalized spacial score (nSPS) is 22.6. The summed E-state index contributed by atoms with van der Waals surface area (Å²) in [6, 6.07) is 11.9. The van der Waals surface area contributed by atoms with E-state index >= 15 is 0 Å². The van der Waals surface area contributed by atoms with Crippen LogP contribution in [0.1, 0.15) is 29.6 Å². The molecular formula is C21H23N5O. The van der Waals surface area contributed by atoms with E-state index in [0.717, 1.165) is 55.9 Å². The van der Waals surface area contributed by atoms with Crippen molar-refractivity contribution in [3.63, 3.8) is 0 Å². The molecule has 0 aliphatic carbocycles. The van der Waals surface area contributed by atoms with E-state index in [1.807, 2.05) is 45.9 Å². The van der Waals surface area contributed by atoms with Crippen LogP contribution in [0.3, 0.4) is 0 Å². The molecule has 1 aromatic carbocycles. The van der Waals surface area contributed by atoms with Crippen molar-refractivity contribution < 1.29 is 4.79 Å². The first kappa shape index (κ1) is 16.4. The third-order valence-electron chi connectivity index (χ3n) is 5.95. The van der Waals surface area contributed by atoms with Crippen LogP contribution < -0.4 is 5.32 Å². The molecule has 2 aliphatic rings. The summed E-state index contributed by atoms with van der Waals surface area (Å²) in [7, 11) is 0. The van der Waals surface area contributed by atoms with Crippen molar-refractivity contribution in [1.29, 1.82) is 0 Å². The number of carbonyl (C=O) groups is 1. The lowest BCUT2D eigenvalue weighted by molar-refractivity contribution is 0.0553. The van der Waals surface area contributed by atoms with Gasteiger partial charge in [-0.3, -0.25) is 9.36 Å². The van der Waals surface area contributed by atoms with Crippen LogP contribution in [0.2, 0.25) is 0 Å². The van der Waals surface area contributed by atoms with Crippen molar-refractivity contribution in [1.82, 2.24) is 24.8 Å². The number of para-hydroxylation sites is 1. The first-order valence-electron chi connectivity index (χ1n) is 9.63. The third-order valence-corrected chi connectivity index (χ3v) is 5.95. The summed E-state index contributed by atoms with van der Waals surface area (Å²) < 4.78 is 1.95. The summed E-state index contributed by atoms with van der Waals surface area (Å²) >= 11 is 0. The number of pyridine rings is 1. The maximum atomic E-state index is 13.1. The average Bonchev–Trinajstić information content (AvgIpc) is 3.34.